The van der Waals surface area contributed by atoms with Crippen LogP contribution < -0.4 is 5.32 Å². The van der Waals surface area contributed by atoms with Crippen LogP contribution in [-0.2, 0) is 13.0 Å². The number of pyridine rings is 1. The van der Waals surface area contributed by atoms with Crippen LogP contribution in [0.1, 0.15) is 38.5 Å². The van der Waals surface area contributed by atoms with Crippen molar-refractivity contribution >= 4 is 27.5 Å². The Hall–Kier alpha value is -2.96. The van der Waals surface area contributed by atoms with E-state index >= 15 is 0 Å². The number of thiophene rings is 1. The molecule has 0 atom stereocenters. The first kappa shape index (κ1) is 20.9. The number of rotatable bonds is 6. The van der Waals surface area contributed by atoms with Gasteiger partial charge in [-0.1, -0.05) is 24.3 Å². The van der Waals surface area contributed by atoms with Crippen LogP contribution in [0.2, 0.25) is 0 Å². The molecule has 0 saturated carbocycles. The van der Waals surface area contributed by atoms with Gasteiger partial charge in [-0.3, -0.25) is 9.69 Å². The highest BCUT2D eigenvalue weighted by Gasteiger charge is 2.22. The summed E-state index contributed by atoms with van der Waals surface area (Å²) in [5, 5.41) is 4.22. The van der Waals surface area contributed by atoms with Gasteiger partial charge in [0.1, 0.15) is 9.71 Å². The van der Waals surface area contributed by atoms with Crippen LogP contribution in [-0.4, -0.2) is 40.0 Å². The van der Waals surface area contributed by atoms with Gasteiger partial charge in [0.2, 0.25) is 0 Å². The SMILES string of the molecule is Cc1cc(C)c2c(-n3cccc3)c(C(=O)NCCCN3CCc4ccccc4C3)sc2n1. The normalized spacial score (nSPS) is 13.9. The summed E-state index contributed by atoms with van der Waals surface area (Å²) in [4.78, 5) is 22.0. The van der Waals surface area contributed by atoms with Crippen molar-refractivity contribution in [2.45, 2.75) is 33.2 Å². The second kappa shape index (κ2) is 8.88. The summed E-state index contributed by atoms with van der Waals surface area (Å²) >= 11 is 1.48. The monoisotopic (exact) mass is 444 g/mol. The number of aromatic nitrogens is 2. The number of nitrogens with zero attached hydrogens (tertiary/aromatic N) is 3. The molecule has 1 aliphatic heterocycles. The van der Waals surface area contributed by atoms with E-state index in [9.17, 15) is 4.79 Å². The van der Waals surface area contributed by atoms with E-state index in [1.54, 1.807) is 0 Å². The molecule has 1 aliphatic rings. The van der Waals surface area contributed by atoms with Crippen LogP contribution in [0.5, 0.6) is 0 Å². The zero-order valence-corrected chi connectivity index (χ0v) is 19.4. The van der Waals surface area contributed by atoms with Gasteiger partial charge in [-0.2, -0.15) is 0 Å². The fourth-order valence-corrected chi connectivity index (χ4v) is 5.85. The first-order valence-corrected chi connectivity index (χ1v) is 12.0. The van der Waals surface area contributed by atoms with E-state index in [-0.39, 0.29) is 5.91 Å². The number of nitrogens with one attached hydrogen (secondary N) is 1. The van der Waals surface area contributed by atoms with Crippen molar-refractivity contribution in [3.05, 3.63) is 82.1 Å². The smallest absolute Gasteiger partial charge is 0.263 e. The summed E-state index contributed by atoms with van der Waals surface area (Å²) in [6, 6.07) is 14.8. The van der Waals surface area contributed by atoms with E-state index in [1.807, 2.05) is 36.0 Å². The van der Waals surface area contributed by atoms with E-state index in [2.05, 4.69) is 47.5 Å². The van der Waals surface area contributed by atoms with E-state index in [4.69, 9.17) is 4.98 Å². The maximum atomic E-state index is 13.2. The molecule has 0 bridgehead atoms. The van der Waals surface area contributed by atoms with Crippen molar-refractivity contribution in [3.63, 3.8) is 0 Å². The number of carbonyl (C=O) groups is 1. The average Bonchev–Trinajstić information content (AvgIpc) is 3.44. The van der Waals surface area contributed by atoms with Gasteiger partial charge >= 0.3 is 0 Å². The Morgan fingerprint density at radius 1 is 1.12 bits per heavy atom. The molecule has 0 saturated heterocycles. The standard InChI is InChI=1S/C26H28N4OS/c1-18-16-19(2)28-26-22(18)23(30-13-5-6-14-30)24(32-26)25(31)27-11-7-12-29-15-10-20-8-3-4-9-21(20)17-29/h3-6,8-9,13-14,16H,7,10-12,15,17H2,1-2H3,(H,27,31). The van der Waals surface area contributed by atoms with Gasteiger partial charge < -0.3 is 9.88 Å². The van der Waals surface area contributed by atoms with Crippen LogP contribution in [0.3, 0.4) is 0 Å². The average molecular weight is 445 g/mol. The van der Waals surface area contributed by atoms with Gasteiger partial charge in [0, 0.05) is 49.7 Å². The van der Waals surface area contributed by atoms with Gasteiger partial charge in [-0.05, 0) is 61.6 Å². The third kappa shape index (κ3) is 4.08. The lowest BCUT2D eigenvalue weighted by atomic mass is 10.00. The Balaban J connectivity index is 1.27. The molecule has 0 fully saturated rings. The van der Waals surface area contributed by atoms with Crippen molar-refractivity contribution in [1.29, 1.82) is 0 Å². The van der Waals surface area contributed by atoms with Crippen molar-refractivity contribution in [2.24, 2.45) is 0 Å². The van der Waals surface area contributed by atoms with Crippen molar-refractivity contribution in [1.82, 2.24) is 19.8 Å². The van der Waals surface area contributed by atoms with Crippen molar-refractivity contribution < 1.29 is 4.79 Å². The molecule has 1 aromatic carbocycles. The second-order valence-electron chi connectivity index (χ2n) is 8.54. The molecule has 5 nitrogen and oxygen atoms in total. The fraction of sp³-hybridized carbons (Fsp3) is 0.308. The number of hydrogen-bond donors (Lipinski definition) is 1. The van der Waals surface area contributed by atoms with E-state index in [1.165, 1.54) is 22.5 Å². The zero-order chi connectivity index (χ0) is 22.1. The molecule has 4 aromatic rings. The Bertz CT molecular complexity index is 1260. The van der Waals surface area contributed by atoms with Gasteiger partial charge in [-0.25, -0.2) is 4.98 Å². The minimum atomic E-state index is -0.0160. The summed E-state index contributed by atoms with van der Waals surface area (Å²) in [6.07, 6.45) is 6.03. The lowest BCUT2D eigenvalue weighted by molar-refractivity contribution is 0.0955. The quantitative estimate of drug-likeness (QED) is 0.431. The molecule has 0 spiro atoms. The minimum Gasteiger partial charge on any atom is -0.351 e. The lowest BCUT2D eigenvalue weighted by Crippen LogP contribution is -2.33. The number of hydrogen-bond acceptors (Lipinski definition) is 4. The predicted octanol–water partition coefficient (Wildman–Crippen LogP) is 4.88. The Labute approximate surface area is 192 Å². The van der Waals surface area contributed by atoms with Crippen LogP contribution >= 0.6 is 11.3 Å². The maximum Gasteiger partial charge on any atom is 0.263 e. The highest BCUT2D eigenvalue weighted by molar-refractivity contribution is 7.21. The summed E-state index contributed by atoms with van der Waals surface area (Å²) in [5.74, 6) is -0.0160. The van der Waals surface area contributed by atoms with Crippen LogP contribution in [0, 0.1) is 13.8 Å². The molecule has 0 unspecified atom stereocenters. The Morgan fingerprint density at radius 2 is 1.91 bits per heavy atom. The van der Waals surface area contributed by atoms with Crippen molar-refractivity contribution in [2.75, 3.05) is 19.6 Å². The molecule has 0 aliphatic carbocycles. The molecule has 1 N–H and O–H groups in total. The molecule has 1 amide bonds. The molecule has 164 valence electrons. The summed E-state index contributed by atoms with van der Waals surface area (Å²) in [6.45, 7) is 7.84. The number of fused-ring (bicyclic) bond motifs is 2. The largest absolute Gasteiger partial charge is 0.351 e. The fourth-order valence-electron chi connectivity index (χ4n) is 4.64. The molecule has 32 heavy (non-hydrogen) atoms. The molecule has 5 rings (SSSR count). The highest BCUT2D eigenvalue weighted by atomic mass is 32.1. The topological polar surface area (TPSA) is 50.2 Å². The van der Waals surface area contributed by atoms with Gasteiger partial charge in [0.05, 0.1) is 5.69 Å². The first-order chi connectivity index (χ1) is 15.6. The maximum absolute atomic E-state index is 13.2. The number of carbonyl (C=O) groups excluding carboxylic acids is 1. The van der Waals surface area contributed by atoms with E-state index in [0.29, 0.717) is 6.54 Å². The Kier molecular flexibility index (Phi) is 5.81. The van der Waals surface area contributed by atoms with Gasteiger partial charge in [0.25, 0.3) is 5.91 Å². The summed E-state index contributed by atoms with van der Waals surface area (Å²) < 4.78 is 2.03. The highest BCUT2D eigenvalue weighted by Crippen LogP contribution is 2.35. The zero-order valence-electron chi connectivity index (χ0n) is 18.6. The van der Waals surface area contributed by atoms with E-state index in [0.717, 1.165) is 64.5 Å². The van der Waals surface area contributed by atoms with Crippen LogP contribution in [0.4, 0.5) is 0 Å². The summed E-state index contributed by atoms with van der Waals surface area (Å²) in [5.41, 5.74) is 5.97. The number of amides is 1. The van der Waals surface area contributed by atoms with Crippen LogP contribution in [0.15, 0.2) is 54.9 Å². The molecular weight excluding hydrogens is 416 g/mol. The second-order valence-corrected chi connectivity index (χ2v) is 9.53. The molecule has 6 heteroatoms. The first-order valence-electron chi connectivity index (χ1n) is 11.2. The predicted molar refractivity (Wildman–Crippen MR) is 131 cm³/mol. The molecule has 0 radical (unpaired) electrons. The number of aryl methyl sites for hydroxylation is 2. The van der Waals surface area contributed by atoms with Gasteiger partial charge in [0.15, 0.2) is 0 Å². The minimum absolute atomic E-state index is 0.0160. The lowest BCUT2D eigenvalue weighted by Gasteiger charge is -2.28. The van der Waals surface area contributed by atoms with Crippen molar-refractivity contribution in [3.8, 4) is 5.69 Å². The van der Waals surface area contributed by atoms with Gasteiger partial charge in [-0.15, -0.1) is 11.3 Å². The third-order valence-electron chi connectivity index (χ3n) is 6.18. The van der Waals surface area contributed by atoms with E-state index < -0.39 is 0 Å². The molecule has 4 heterocycles. The molecule has 3 aromatic heterocycles. The number of benzene rings is 1. The third-order valence-corrected chi connectivity index (χ3v) is 7.25. The Morgan fingerprint density at radius 3 is 2.72 bits per heavy atom. The summed E-state index contributed by atoms with van der Waals surface area (Å²) in [7, 11) is 0. The molecular formula is C26H28N4OS. The van der Waals surface area contributed by atoms with Crippen LogP contribution in [0.25, 0.3) is 15.9 Å².